The molecule has 0 atom stereocenters. The van der Waals surface area contributed by atoms with Gasteiger partial charge in [0, 0.05) is 18.1 Å². The number of rotatable bonds is 6. The average Bonchev–Trinajstić information content (AvgIpc) is 2.34. The highest BCUT2D eigenvalue weighted by Crippen LogP contribution is 2.25. The molecule has 0 heterocycles. The number of hydrogen-bond donors (Lipinski definition) is 1. The van der Waals surface area contributed by atoms with Gasteiger partial charge in [-0.2, -0.15) is 5.26 Å². The Bertz CT molecular complexity index is 495. The molecule has 0 unspecified atom stereocenters. The van der Waals surface area contributed by atoms with Crippen LogP contribution in [0.5, 0.6) is 0 Å². The van der Waals surface area contributed by atoms with E-state index >= 15 is 0 Å². The summed E-state index contributed by atoms with van der Waals surface area (Å²) in [5, 5.41) is 18.3. The molecule has 4 nitrogen and oxygen atoms in total. The first kappa shape index (κ1) is 15.3. The molecule has 0 bridgehead atoms. The van der Waals surface area contributed by atoms with Crippen LogP contribution in [0.3, 0.4) is 0 Å². The summed E-state index contributed by atoms with van der Waals surface area (Å²) in [5.41, 5.74) is 0.784. The van der Waals surface area contributed by atoms with E-state index in [0.29, 0.717) is 36.1 Å². The van der Waals surface area contributed by atoms with Gasteiger partial charge in [0.15, 0.2) is 0 Å². The van der Waals surface area contributed by atoms with Gasteiger partial charge in [-0.1, -0.05) is 25.4 Å². The highest BCUT2D eigenvalue weighted by molar-refractivity contribution is 6.31. The summed E-state index contributed by atoms with van der Waals surface area (Å²) in [6.07, 6.45) is 0.356. The van der Waals surface area contributed by atoms with Crippen LogP contribution in [0.25, 0.3) is 0 Å². The second kappa shape index (κ2) is 7.01. The largest absolute Gasteiger partial charge is 0.478 e. The zero-order valence-corrected chi connectivity index (χ0v) is 11.8. The molecule has 1 aromatic rings. The van der Waals surface area contributed by atoms with Gasteiger partial charge in [-0.15, -0.1) is 0 Å². The van der Waals surface area contributed by atoms with Crippen molar-refractivity contribution >= 4 is 23.3 Å². The Hall–Kier alpha value is -1.73. The van der Waals surface area contributed by atoms with E-state index < -0.39 is 5.97 Å². The van der Waals surface area contributed by atoms with Crippen LogP contribution in [-0.2, 0) is 0 Å². The Labute approximate surface area is 118 Å². The third-order valence-corrected chi connectivity index (χ3v) is 2.84. The molecule has 1 aromatic carbocycles. The van der Waals surface area contributed by atoms with Gasteiger partial charge in [-0.25, -0.2) is 4.79 Å². The minimum atomic E-state index is -1.01. The Morgan fingerprint density at radius 2 is 2.21 bits per heavy atom. The number of aromatic carboxylic acids is 1. The number of carboxylic acid groups (broad SMARTS) is 1. The lowest BCUT2D eigenvalue weighted by atomic mass is 10.1. The third kappa shape index (κ3) is 4.46. The monoisotopic (exact) mass is 280 g/mol. The minimum absolute atomic E-state index is 0.172. The summed E-state index contributed by atoms with van der Waals surface area (Å²) in [4.78, 5) is 13.2. The number of halogens is 1. The molecule has 0 aromatic heterocycles. The number of anilines is 1. The van der Waals surface area contributed by atoms with Gasteiger partial charge >= 0.3 is 5.97 Å². The normalized spacial score (nSPS) is 10.3. The van der Waals surface area contributed by atoms with Crippen molar-refractivity contribution in [3.63, 3.8) is 0 Å². The van der Waals surface area contributed by atoms with Crippen LogP contribution in [0, 0.1) is 17.2 Å². The Morgan fingerprint density at radius 1 is 1.53 bits per heavy atom. The van der Waals surface area contributed by atoms with Crippen LogP contribution in [0.4, 0.5) is 5.69 Å². The number of hydrogen-bond acceptors (Lipinski definition) is 3. The molecule has 0 saturated heterocycles. The first-order valence-corrected chi connectivity index (χ1v) is 6.48. The SMILES string of the molecule is CC(C)CN(CCC#N)c1ccc(Cl)cc1C(=O)O. The first-order chi connectivity index (χ1) is 8.95. The van der Waals surface area contributed by atoms with E-state index in [1.165, 1.54) is 6.07 Å². The van der Waals surface area contributed by atoms with E-state index in [-0.39, 0.29) is 5.56 Å². The van der Waals surface area contributed by atoms with Gasteiger partial charge in [0.25, 0.3) is 0 Å². The third-order valence-electron chi connectivity index (χ3n) is 2.61. The van der Waals surface area contributed by atoms with Gasteiger partial charge in [-0.3, -0.25) is 0 Å². The molecule has 0 aliphatic heterocycles. The zero-order valence-electron chi connectivity index (χ0n) is 11.1. The predicted molar refractivity (Wildman–Crippen MR) is 75.7 cm³/mol. The molecule has 1 N–H and O–H groups in total. The number of nitriles is 1. The topological polar surface area (TPSA) is 64.3 Å². The number of carboxylic acids is 1. The lowest BCUT2D eigenvalue weighted by molar-refractivity contribution is 0.0697. The number of carbonyl (C=O) groups is 1. The lowest BCUT2D eigenvalue weighted by Gasteiger charge is -2.27. The van der Waals surface area contributed by atoms with Crippen molar-refractivity contribution in [2.45, 2.75) is 20.3 Å². The van der Waals surface area contributed by atoms with Crippen molar-refractivity contribution in [2.24, 2.45) is 5.92 Å². The molecule has 1 rings (SSSR count). The summed E-state index contributed by atoms with van der Waals surface area (Å²) in [6, 6.07) is 6.90. The second-order valence-electron chi connectivity index (χ2n) is 4.71. The van der Waals surface area contributed by atoms with Gasteiger partial charge in [-0.05, 0) is 24.1 Å². The maximum Gasteiger partial charge on any atom is 0.337 e. The van der Waals surface area contributed by atoms with Crippen molar-refractivity contribution in [1.29, 1.82) is 5.26 Å². The van der Waals surface area contributed by atoms with Crippen molar-refractivity contribution in [3.05, 3.63) is 28.8 Å². The molecule has 0 aliphatic rings. The van der Waals surface area contributed by atoms with E-state index in [4.69, 9.17) is 16.9 Å². The molecule has 0 saturated carbocycles. The summed E-state index contributed by atoms with van der Waals surface area (Å²) in [5.74, 6) is -0.640. The maximum absolute atomic E-state index is 11.3. The van der Waals surface area contributed by atoms with Crippen LogP contribution in [0.2, 0.25) is 5.02 Å². The van der Waals surface area contributed by atoms with Gasteiger partial charge in [0.2, 0.25) is 0 Å². The second-order valence-corrected chi connectivity index (χ2v) is 5.15. The lowest BCUT2D eigenvalue weighted by Crippen LogP contribution is -2.30. The van der Waals surface area contributed by atoms with E-state index in [1.807, 2.05) is 4.90 Å². The standard InChI is InChI=1S/C14H17ClN2O2/c1-10(2)9-17(7-3-6-16)13-5-4-11(15)8-12(13)14(18)19/h4-5,8,10H,3,7,9H2,1-2H3,(H,18,19). The highest BCUT2D eigenvalue weighted by atomic mass is 35.5. The number of nitrogens with zero attached hydrogens (tertiary/aromatic N) is 2. The Morgan fingerprint density at radius 3 is 2.74 bits per heavy atom. The van der Waals surface area contributed by atoms with Crippen LogP contribution >= 0.6 is 11.6 Å². The molecular formula is C14H17ClN2O2. The molecule has 102 valence electrons. The summed E-state index contributed by atoms with van der Waals surface area (Å²) < 4.78 is 0. The fraction of sp³-hybridized carbons (Fsp3) is 0.429. The first-order valence-electron chi connectivity index (χ1n) is 6.10. The molecule has 0 aliphatic carbocycles. The summed E-state index contributed by atoms with van der Waals surface area (Å²) in [7, 11) is 0. The molecule has 0 radical (unpaired) electrons. The van der Waals surface area contributed by atoms with Crippen LogP contribution in [0.1, 0.15) is 30.6 Å². The summed E-state index contributed by atoms with van der Waals surface area (Å²) in [6.45, 7) is 5.31. The van der Waals surface area contributed by atoms with Crippen LogP contribution in [0.15, 0.2) is 18.2 Å². The average molecular weight is 281 g/mol. The van der Waals surface area contributed by atoms with E-state index in [1.54, 1.807) is 12.1 Å². The highest BCUT2D eigenvalue weighted by Gasteiger charge is 2.17. The zero-order chi connectivity index (χ0) is 14.4. The van der Waals surface area contributed by atoms with Crippen molar-refractivity contribution in [3.8, 4) is 6.07 Å². The van der Waals surface area contributed by atoms with Crippen molar-refractivity contribution in [1.82, 2.24) is 0 Å². The number of benzene rings is 1. The Balaban J connectivity index is 3.13. The van der Waals surface area contributed by atoms with Crippen LogP contribution < -0.4 is 4.90 Å². The molecule has 19 heavy (non-hydrogen) atoms. The molecular weight excluding hydrogens is 264 g/mol. The van der Waals surface area contributed by atoms with Crippen LogP contribution in [-0.4, -0.2) is 24.2 Å². The van der Waals surface area contributed by atoms with Crippen molar-refractivity contribution < 1.29 is 9.90 Å². The quantitative estimate of drug-likeness (QED) is 0.867. The summed E-state index contributed by atoms with van der Waals surface area (Å²) >= 11 is 5.84. The predicted octanol–water partition coefficient (Wildman–Crippen LogP) is 3.41. The van der Waals surface area contributed by atoms with Crippen molar-refractivity contribution in [2.75, 3.05) is 18.0 Å². The molecule has 0 spiro atoms. The molecule has 5 heteroatoms. The smallest absolute Gasteiger partial charge is 0.337 e. The van der Waals surface area contributed by atoms with Gasteiger partial charge < -0.3 is 10.0 Å². The fourth-order valence-corrected chi connectivity index (χ4v) is 2.06. The Kier molecular flexibility index (Phi) is 5.65. The van der Waals surface area contributed by atoms with E-state index in [2.05, 4.69) is 19.9 Å². The maximum atomic E-state index is 11.3. The molecule has 0 amide bonds. The minimum Gasteiger partial charge on any atom is -0.478 e. The van der Waals surface area contributed by atoms with E-state index in [9.17, 15) is 9.90 Å². The fourth-order valence-electron chi connectivity index (χ4n) is 1.89. The van der Waals surface area contributed by atoms with E-state index in [0.717, 1.165) is 0 Å². The van der Waals surface area contributed by atoms with Gasteiger partial charge in [0.1, 0.15) is 0 Å². The molecule has 0 fully saturated rings. The van der Waals surface area contributed by atoms with Gasteiger partial charge in [0.05, 0.1) is 23.7 Å².